The Morgan fingerprint density at radius 2 is 1.66 bits per heavy atom. The molecule has 0 aliphatic rings. The lowest BCUT2D eigenvalue weighted by molar-refractivity contribution is 0.234. The van der Waals surface area contributed by atoms with Gasteiger partial charge in [-0.3, -0.25) is 15.7 Å². The van der Waals surface area contributed by atoms with Crippen molar-refractivity contribution in [1.29, 1.82) is 0 Å². The molecule has 0 aliphatic carbocycles. The highest BCUT2D eigenvalue weighted by atomic mass is 16.5. The fourth-order valence-electron chi connectivity index (χ4n) is 3.32. The van der Waals surface area contributed by atoms with Crippen LogP contribution in [-0.2, 0) is 6.54 Å². The number of hydrogen-bond acceptors (Lipinski definition) is 4. The van der Waals surface area contributed by atoms with Crippen molar-refractivity contribution >= 4 is 5.84 Å². The van der Waals surface area contributed by atoms with Gasteiger partial charge in [-0.1, -0.05) is 47.0 Å². The van der Waals surface area contributed by atoms with Crippen LogP contribution >= 0.6 is 0 Å². The lowest BCUT2D eigenvalue weighted by Gasteiger charge is -2.14. The predicted molar refractivity (Wildman–Crippen MR) is 116 cm³/mol. The number of aromatic nitrogens is 1. The fourth-order valence-corrected chi connectivity index (χ4v) is 3.32. The SMILES string of the molecule is Cc1cc(C)cc(CN=C(NO)c2ccc(C)nc2Oc2ccc(C)cc2C)c1. The molecule has 5 heteroatoms. The Balaban J connectivity index is 1.95. The minimum absolute atomic E-state index is 0.316. The van der Waals surface area contributed by atoms with E-state index in [-0.39, 0.29) is 0 Å². The molecule has 0 saturated carbocycles. The van der Waals surface area contributed by atoms with Gasteiger partial charge in [-0.25, -0.2) is 4.98 Å². The molecule has 3 rings (SSSR count). The minimum atomic E-state index is 0.316. The normalized spacial score (nSPS) is 11.4. The summed E-state index contributed by atoms with van der Waals surface area (Å²) in [5, 5.41) is 9.75. The van der Waals surface area contributed by atoms with Gasteiger partial charge in [0.1, 0.15) is 5.75 Å². The Bertz CT molecular complexity index is 1040. The quantitative estimate of drug-likeness (QED) is 0.351. The van der Waals surface area contributed by atoms with Gasteiger partial charge in [0.25, 0.3) is 0 Å². The van der Waals surface area contributed by atoms with E-state index in [0.717, 1.165) is 22.6 Å². The predicted octanol–water partition coefficient (Wildman–Crippen LogP) is 5.34. The van der Waals surface area contributed by atoms with Crippen LogP contribution in [0.3, 0.4) is 0 Å². The summed E-state index contributed by atoms with van der Waals surface area (Å²) < 4.78 is 6.11. The lowest BCUT2D eigenvalue weighted by atomic mass is 10.1. The summed E-state index contributed by atoms with van der Waals surface area (Å²) in [6.45, 7) is 10.5. The van der Waals surface area contributed by atoms with Gasteiger partial charge >= 0.3 is 0 Å². The molecule has 0 aliphatic heterocycles. The van der Waals surface area contributed by atoms with E-state index >= 15 is 0 Å². The molecule has 5 nitrogen and oxygen atoms in total. The van der Waals surface area contributed by atoms with E-state index in [1.165, 1.54) is 16.7 Å². The molecule has 0 fully saturated rings. The maximum Gasteiger partial charge on any atom is 0.230 e. The van der Waals surface area contributed by atoms with Gasteiger partial charge < -0.3 is 4.74 Å². The van der Waals surface area contributed by atoms with Crippen molar-refractivity contribution in [3.63, 3.8) is 0 Å². The Kier molecular flexibility index (Phi) is 6.29. The molecule has 1 aromatic heterocycles. The topological polar surface area (TPSA) is 66.7 Å². The number of rotatable bonds is 5. The third kappa shape index (κ3) is 5.21. The van der Waals surface area contributed by atoms with Crippen LogP contribution in [0.4, 0.5) is 0 Å². The average molecular weight is 389 g/mol. The van der Waals surface area contributed by atoms with E-state index in [4.69, 9.17) is 4.74 Å². The van der Waals surface area contributed by atoms with Crippen LogP contribution in [-0.4, -0.2) is 16.0 Å². The van der Waals surface area contributed by atoms with Crippen molar-refractivity contribution in [3.05, 3.63) is 87.6 Å². The maximum atomic E-state index is 9.75. The second kappa shape index (κ2) is 8.88. The number of nitrogens with one attached hydrogen (secondary N) is 1. The summed E-state index contributed by atoms with van der Waals surface area (Å²) in [6, 6.07) is 16.0. The van der Waals surface area contributed by atoms with Gasteiger partial charge in [0.2, 0.25) is 5.88 Å². The standard InChI is InChI=1S/C24H27N3O2/c1-15-6-9-22(18(4)11-15)29-24-21(8-7-19(5)26-24)23(27-28)25-14-20-12-16(2)10-17(3)13-20/h6-13,28H,14H2,1-5H3,(H,25,27). The molecule has 2 aromatic carbocycles. The van der Waals surface area contributed by atoms with E-state index in [1.807, 2.05) is 45.0 Å². The van der Waals surface area contributed by atoms with Crippen molar-refractivity contribution in [2.24, 2.45) is 4.99 Å². The lowest BCUT2D eigenvalue weighted by Crippen LogP contribution is -2.22. The molecule has 1 heterocycles. The second-order valence-corrected chi connectivity index (χ2v) is 7.45. The Hall–Kier alpha value is -3.18. The van der Waals surface area contributed by atoms with Crippen LogP contribution in [0, 0.1) is 34.6 Å². The fraction of sp³-hybridized carbons (Fsp3) is 0.250. The molecule has 150 valence electrons. The number of ether oxygens (including phenoxy) is 1. The van der Waals surface area contributed by atoms with E-state index in [0.29, 0.717) is 23.8 Å². The van der Waals surface area contributed by atoms with Gasteiger partial charge in [-0.2, -0.15) is 0 Å². The van der Waals surface area contributed by atoms with Crippen LogP contribution in [0.15, 0.2) is 53.5 Å². The number of hydroxylamine groups is 1. The van der Waals surface area contributed by atoms with Gasteiger partial charge in [-0.15, -0.1) is 0 Å². The number of benzene rings is 2. The molecule has 29 heavy (non-hydrogen) atoms. The first-order valence-electron chi connectivity index (χ1n) is 9.60. The zero-order valence-electron chi connectivity index (χ0n) is 17.6. The molecule has 0 radical (unpaired) electrons. The second-order valence-electron chi connectivity index (χ2n) is 7.45. The third-order valence-corrected chi connectivity index (χ3v) is 4.60. The highest BCUT2D eigenvalue weighted by molar-refractivity contribution is 6.00. The van der Waals surface area contributed by atoms with Crippen LogP contribution in [0.2, 0.25) is 0 Å². The zero-order valence-corrected chi connectivity index (χ0v) is 17.6. The smallest absolute Gasteiger partial charge is 0.230 e. The van der Waals surface area contributed by atoms with E-state index < -0.39 is 0 Å². The summed E-state index contributed by atoms with van der Waals surface area (Å²) in [7, 11) is 0. The van der Waals surface area contributed by atoms with Crippen LogP contribution in [0.25, 0.3) is 0 Å². The molecular formula is C24H27N3O2. The Morgan fingerprint density at radius 1 is 0.931 bits per heavy atom. The molecule has 0 atom stereocenters. The zero-order chi connectivity index (χ0) is 21.0. The van der Waals surface area contributed by atoms with Crippen LogP contribution < -0.4 is 10.2 Å². The van der Waals surface area contributed by atoms with Crippen LogP contribution in [0.5, 0.6) is 11.6 Å². The number of amidine groups is 1. The first-order chi connectivity index (χ1) is 13.9. The van der Waals surface area contributed by atoms with Crippen molar-refractivity contribution in [1.82, 2.24) is 10.5 Å². The Morgan fingerprint density at radius 3 is 2.31 bits per heavy atom. The van der Waals surface area contributed by atoms with Gasteiger partial charge in [0, 0.05) is 5.69 Å². The van der Waals surface area contributed by atoms with E-state index in [2.05, 4.69) is 53.6 Å². The largest absolute Gasteiger partial charge is 0.438 e. The molecule has 3 aromatic rings. The summed E-state index contributed by atoms with van der Waals surface area (Å²) in [5.41, 5.74) is 9.27. The van der Waals surface area contributed by atoms with Gasteiger partial charge in [0.15, 0.2) is 5.84 Å². The number of aliphatic imine (C=N–C) groups is 1. The van der Waals surface area contributed by atoms with Crippen molar-refractivity contribution < 1.29 is 9.94 Å². The summed E-state index contributed by atoms with van der Waals surface area (Å²) in [4.78, 5) is 9.10. The number of pyridine rings is 1. The monoisotopic (exact) mass is 389 g/mol. The molecule has 0 spiro atoms. The first kappa shape index (κ1) is 20.6. The van der Waals surface area contributed by atoms with Gasteiger partial charge in [-0.05, 0) is 63.9 Å². The van der Waals surface area contributed by atoms with Crippen molar-refractivity contribution in [2.75, 3.05) is 0 Å². The van der Waals surface area contributed by atoms with Gasteiger partial charge in [0.05, 0.1) is 12.1 Å². The summed E-state index contributed by atoms with van der Waals surface area (Å²) in [6.07, 6.45) is 0. The maximum absolute atomic E-state index is 9.75. The Labute approximate surface area is 172 Å². The average Bonchev–Trinajstić information content (AvgIpc) is 2.65. The minimum Gasteiger partial charge on any atom is -0.438 e. The first-order valence-corrected chi connectivity index (χ1v) is 9.60. The molecule has 2 N–H and O–H groups in total. The highest BCUT2D eigenvalue weighted by Gasteiger charge is 2.14. The molecule has 0 bridgehead atoms. The highest BCUT2D eigenvalue weighted by Crippen LogP contribution is 2.27. The molecular weight excluding hydrogens is 362 g/mol. The molecule has 0 saturated heterocycles. The number of nitrogens with zero attached hydrogens (tertiary/aromatic N) is 2. The number of aryl methyl sites for hydroxylation is 5. The summed E-state index contributed by atoms with van der Waals surface area (Å²) in [5.74, 6) is 1.44. The molecule has 0 unspecified atom stereocenters. The molecule has 0 amide bonds. The number of hydrogen-bond donors (Lipinski definition) is 2. The van der Waals surface area contributed by atoms with E-state index in [1.54, 1.807) is 0 Å². The van der Waals surface area contributed by atoms with E-state index in [9.17, 15) is 5.21 Å². The van der Waals surface area contributed by atoms with Crippen LogP contribution in [0.1, 0.15) is 39.1 Å². The summed E-state index contributed by atoms with van der Waals surface area (Å²) >= 11 is 0. The third-order valence-electron chi connectivity index (χ3n) is 4.60. The van der Waals surface area contributed by atoms with Crippen molar-refractivity contribution in [3.8, 4) is 11.6 Å². The van der Waals surface area contributed by atoms with Crippen molar-refractivity contribution in [2.45, 2.75) is 41.2 Å².